The highest BCUT2D eigenvalue weighted by molar-refractivity contribution is 5.29. The summed E-state index contributed by atoms with van der Waals surface area (Å²) in [5.74, 6) is -0.395. The molecular weight excluding hydrogens is 183 g/mol. The monoisotopic (exact) mass is 198 g/mol. The molecule has 0 amide bonds. The predicted molar refractivity (Wildman–Crippen MR) is 52.4 cm³/mol. The Bertz CT molecular complexity index is 312. The lowest BCUT2D eigenvalue weighted by atomic mass is 9.98. The van der Waals surface area contributed by atoms with Crippen molar-refractivity contribution in [3.8, 4) is 0 Å². The van der Waals surface area contributed by atoms with Gasteiger partial charge in [-0.2, -0.15) is 0 Å². The molecule has 0 radical (unpaired) electrons. The SMILES string of the molecule is CCC(O)C(O)c1cc(F)ccc1C. The maximum absolute atomic E-state index is 12.9. The molecule has 0 bridgehead atoms. The fourth-order valence-electron chi connectivity index (χ4n) is 1.36. The third kappa shape index (κ3) is 2.30. The zero-order valence-electron chi connectivity index (χ0n) is 8.37. The van der Waals surface area contributed by atoms with Gasteiger partial charge in [0.2, 0.25) is 0 Å². The molecule has 0 aromatic heterocycles. The van der Waals surface area contributed by atoms with Gasteiger partial charge in [-0.05, 0) is 36.6 Å². The molecule has 0 aliphatic carbocycles. The second kappa shape index (κ2) is 4.53. The van der Waals surface area contributed by atoms with Crippen molar-refractivity contribution in [2.24, 2.45) is 0 Å². The van der Waals surface area contributed by atoms with E-state index in [2.05, 4.69) is 0 Å². The molecule has 2 N–H and O–H groups in total. The van der Waals surface area contributed by atoms with Gasteiger partial charge < -0.3 is 10.2 Å². The minimum atomic E-state index is -1.00. The average molecular weight is 198 g/mol. The van der Waals surface area contributed by atoms with Crippen molar-refractivity contribution < 1.29 is 14.6 Å². The Balaban J connectivity index is 2.99. The topological polar surface area (TPSA) is 40.5 Å². The Labute approximate surface area is 83.0 Å². The van der Waals surface area contributed by atoms with Crippen LogP contribution in [0.15, 0.2) is 18.2 Å². The molecule has 0 aliphatic rings. The van der Waals surface area contributed by atoms with Crippen LogP contribution in [0.2, 0.25) is 0 Å². The maximum Gasteiger partial charge on any atom is 0.123 e. The number of halogens is 1. The van der Waals surface area contributed by atoms with E-state index in [1.165, 1.54) is 12.1 Å². The second-order valence-electron chi connectivity index (χ2n) is 3.42. The van der Waals surface area contributed by atoms with Gasteiger partial charge in [0.25, 0.3) is 0 Å². The van der Waals surface area contributed by atoms with Crippen LogP contribution in [0.4, 0.5) is 4.39 Å². The van der Waals surface area contributed by atoms with Crippen molar-refractivity contribution >= 4 is 0 Å². The van der Waals surface area contributed by atoms with Crippen LogP contribution in [0.25, 0.3) is 0 Å². The molecule has 14 heavy (non-hydrogen) atoms. The van der Waals surface area contributed by atoms with Gasteiger partial charge in [-0.15, -0.1) is 0 Å². The lowest BCUT2D eigenvalue weighted by Crippen LogP contribution is -2.18. The number of hydrogen-bond donors (Lipinski definition) is 2. The summed E-state index contributed by atoms with van der Waals surface area (Å²) in [4.78, 5) is 0. The molecule has 1 rings (SSSR count). The van der Waals surface area contributed by atoms with Gasteiger partial charge in [0.15, 0.2) is 0 Å². The average Bonchev–Trinajstić information content (AvgIpc) is 2.19. The lowest BCUT2D eigenvalue weighted by molar-refractivity contribution is 0.0159. The first-order chi connectivity index (χ1) is 6.56. The van der Waals surface area contributed by atoms with Crippen molar-refractivity contribution in [1.82, 2.24) is 0 Å². The molecule has 0 aliphatic heterocycles. The molecule has 3 heteroatoms. The Hall–Kier alpha value is -0.930. The molecular formula is C11H15FO2. The van der Waals surface area contributed by atoms with Crippen LogP contribution in [-0.2, 0) is 0 Å². The molecule has 2 unspecified atom stereocenters. The van der Waals surface area contributed by atoms with Crippen LogP contribution in [0.1, 0.15) is 30.6 Å². The van der Waals surface area contributed by atoms with Crippen LogP contribution in [-0.4, -0.2) is 16.3 Å². The zero-order chi connectivity index (χ0) is 10.7. The highest BCUT2D eigenvalue weighted by atomic mass is 19.1. The molecule has 2 nitrogen and oxygen atoms in total. The number of aliphatic hydroxyl groups is 2. The Morgan fingerprint density at radius 2 is 2.00 bits per heavy atom. The van der Waals surface area contributed by atoms with Crippen LogP contribution >= 0.6 is 0 Å². The number of hydrogen-bond acceptors (Lipinski definition) is 2. The van der Waals surface area contributed by atoms with E-state index < -0.39 is 18.0 Å². The van der Waals surface area contributed by atoms with Gasteiger partial charge in [0.05, 0.1) is 6.10 Å². The Kier molecular flexibility index (Phi) is 3.61. The largest absolute Gasteiger partial charge is 0.390 e. The van der Waals surface area contributed by atoms with Gasteiger partial charge in [0, 0.05) is 0 Å². The number of benzene rings is 1. The number of aliphatic hydroxyl groups excluding tert-OH is 2. The fraction of sp³-hybridized carbons (Fsp3) is 0.455. The van der Waals surface area contributed by atoms with E-state index in [-0.39, 0.29) is 0 Å². The molecule has 0 heterocycles. The highest BCUT2D eigenvalue weighted by Gasteiger charge is 2.18. The quantitative estimate of drug-likeness (QED) is 0.779. The summed E-state index contributed by atoms with van der Waals surface area (Å²) < 4.78 is 12.9. The molecule has 0 fully saturated rings. The Morgan fingerprint density at radius 3 is 2.57 bits per heavy atom. The van der Waals surface area contributed by atoms with Crippen LogP contribution in [0.5, 0.6) is 0 Å². The van der Waals surface area contributed by atoms with E-state index in [0.717, 1.165) is 5.56 Å². The summed E-state index contributed by atoms with van der Waals surface area (Å²) in [5.41, 5.74) is 1.24. The summed E-state index contributed by atoms with van der Waals surface area (Å²) in [6.45, 7) is 3.54. The van der Waals surface area contributed by atoms with E-state index >= 15 is 0 Å². The third-order valence-corrected chi connectivity index (χ3v) is 2.34. The Morgan fingerprint density at radius 1 is 1.36 bits per heavy atom. The molecule has 0 spiro atoms. The first kappa shape index (κ1) is 11.1. The summed E-state index contributed by atoms with van der Waals surface area (Å²) >= 11 is 0. The van der Waals surface area contributed by atoms with E-state index in [1.54, 1.807) is 19.9 Å². The van der Waals surface area contributed by atoms with Crippen LogP contribution in [0, 0.1) is 12.7 Å². The van der Waals surface area contributed by atoms with Crippen molar-refractivity contribution in [2.75, 3.05) is 0 Å². The number of aryl methyl sites for hydroxylation is 1. The van der Waals surface area contributed by atoms with Gasteiger partial charge in [-0.3, -0.25) is 0 Å². The third-order valence-electron chi connectivity index (χ3n) is 2.34. The van der Waals surface area contributed by atoms with Crippen molar-refractivity contribution in [3.05, 3.63) is 35.1 Å². The molecule has 1 aromatic rings. The van der Waals surface area contributed by atoms with Gasteiger partial charge in [-0.1, -0.05) is 13.0 Å². The fourth-order valence-corrected chi connectivity index (χ4v) is 1.36. The molecule has 0 saturated carbocycles. The van der Waals surface area contributed by atoms with E-state index in [4.69, 9.17) is 0 Å². The molecule has 1 aromatic carbocycles. The van der Waals surface area contributed by atoms with Crippen molar-refractivity contribution in [2.45, 2.75) is 32.5 Å². The van der Waals surface area contributed by atoms with E-state index in [9.17, 15) is 14.6 Å². The standard InChI is InChI=1S/C11H15FO2/c1-3-10(13)11(14)9-6-8(12)5-4-7(9)2/h4-6,10-11,13-14H,3H2,1-2H3. The van der Waals surface area contributed by atoms with Crippen molar-refractivity contribution in [3.63, 3.8) is 0 Å². The summed E-state index contributed by atoms with van der Waals surface area (Å²) in [6, 6.07) is 4.19. The van der Waals surface area contributed by atoms with Gasteiger partial charge >= 0.3 is 0 Å². The van der Waals surface area contributed by atoms with E-state index in [1.807, 2.05) is 0 Å². The van der Waals surface area contributed by atoms with E-state index in [0.29, 0.717) is 12.0 Å². The van der Waals surface area contributed by atoms with Gasteiger partial charge in [-0.25, -0.2) is 4.39 Å². The molecule has 2 atom stereocenters. The normalized spacial score (nSPS) is 15.2. The minimum absolute atomic E-state index is 0.395. The summed E-state index contributed by atoms with van der Waals surface area (Å²) in [5, 5.41) is 19.1. The highest BCUT2D eigenvalue weighted by Crippen LogP contribution is 2.22. The predicted octanol–water partition coefficient (Wildman–Crippen LogP) is 1.94. The molecule has 78 valence electrons. The van der Waals surface area contributed by atoms with Crippen LogP contribution in [0.3, 0.4) is 0 Å². The summed E-state index contributed by atoms with van der Waals surface area (Å²) in [7, 11) is 0. The molecule has 0 saturated heterocycles. The van der Waals surface area contributed by atoms with Crippen molar-refractivity contribution in [1.29, 1.82) is 0 Å². The minimum Gasteiger partial charge on any atom is -0.390 e. The second-order valence-corrected chi connectivity index (χ2v) is 3.42. The summed E-state index contributed by atoms with van der Waals surface area (Å²) in [6.07, 6.45) is -1.40. The zero-order valence-corrected chi connectivity index (χ0v) is 8.37. The first-order valence-electron chi connectivity index (χ1n) is 4.68. The maximum atomic E-state index is 12.9. The first-order valence-corrected chi connectivity index (χ1v) is 4.68. The van der Waals surface area contributed by atoms with Crippen LogP contribution < -0.4 is 0 Å². The lowest BCUT2D eigenvalue weighted by Gasteiger charge is -2.18. The smallest absolute Gasteiger partial charge is 0.123 e. The number of rotatable bonds is 3. The van der Waals surface area contributed by atoms with Gasteiger partial charge in [0.1, 0.15) is 11.9 Å².